The molecule has 20 heavy (non-hydrogen) atoms. The van der Waals surface area contributed by atoms with E-state index in [2.05, 4.69) is 11.4 Å². The normalized spacial score (nSPS) is 31.8. The minimum Gasteiger partial charge on any atom is -0.277 e. The fourth-order valence-corrected chi connectivity index (χ4v) is 3.67. The lowest BCUT2D eigenvalue weighted by Crippen LogP contribution is -2.62. The Kier molecular flexibility index (Phi) is 3.59. The minimum atomic E-state index is -0.652. The first-order valence-corrected chi connectivity index (χ1v) is 7.51. The number of allylic oxidation sites excluding steroid dienone is 1. The maximum absolute atomic E-state index is 12.7. The number of amides is 4. The topological polar surface area (TPSA) is 66.5 Å². The minimum absolute atomic E-state index is 0.0931. The lowest BCUT2D eigenvalue weighted by atomic mass is 9.86. The molecule has 5 nitrogen and oxygen atoms in total. The Bertz CT molecular complexity index is 466. The van der Waals surface area contributed by atoms with Crippen LogP contribution in [0.4, 0.5) is 4.79 Å². The van der Waals surface area contributed by atoms with Crippen LogP contribution < -0.4 is 5.32 Å². The van der Waals surface area contributed by atoms with Crippen LogP contribution in [0.1, 0.15) is 44.9 Å². The molecule has 1 saturated heterocycles. The molecule has 1 aliphatic heterocycles. The molecule has 0 aromatic heterocycles. The fourth-order valence-electron chi connectivity index (χ4n) is 3.67. The second kappa shape index (κ2) is 5.38. The van der Waals surface area contributed by atoms with Crippen molar-refractivity contribution in [3.63, 3.8) is 0 Å². The number of imide groups is 2. The molecule has 108 valence electrons. The first-order chi connectivity index (χ1) is 9.68. The van der Waals surface area contributed by atoms with Gasteiger partial charge in [0.25, 0.3) is 0 Å². The van der Waals surface area contributed by atoms with E-state index >= 15 is 0 Å². The molecule has 3 rings (SSSR count). The van der Waals surface area contributed by atoms with Crippen molar-refractivity contribution in [2.75, 3.05) is 0 Å². The van der Waals surface area contributed by atoms with E-state index in [1.165, 1.54) is 4.90 Å². The predicted molar refractivity (Wildman–Crippen MR) is 72.6 cm³/mol. The lowest BCUT2D eigenvalue weighted by molar-refractivity contribution is -0.146. The Morgan fingerprint density at radius 2 is 1.80 bits per heavy atom. The summed E-state index contributed by atoms with van der Waals surface area (Å²) >= 11 is 0. The number of urea groups is 1. The van der Waals surface area contributed by atoms with Gasteiger partial charge < -0.3 is 0 Å². The van der Waals surface area contributed by atoms with Crippen LogP contribution in [0.2, 0.25) is 0 Å². The summed E-state index contributed by atoms with van der Waals surface area (Å²) < 4.78 is 0. The van der Waals surface area contributed by atoms with Crippen LogP contribution in [0.5, 0.6) is 0 Å². The van der Waals surface area contributed by atoms with Gasteiger partial charge in [0.15, 0.2) is 0 Å². The summed E-state index contributed by atoms with van der Waals surface area (Å²) in [5.74, 6) is -1.21. The van der Waals surface area contributed by atoms with Crippen molar-refractivity contribution in [3.8, 4) is 0 Å². The number of hydrogen-bond donors (Lipinski definition) is 1. The first-order valence-electron chi connectivity index (χ1n) is 7.51. The van der Waals surface area contributed by atoms with Gasteiger partial charge in [-0.05, 0) is 38.0 Å². The van der Waals surface area contributed by atoms with E-state index in [0.717, 1.165) is 38.5 Å². The zero-order valence-electron chi connectivity index (χ0n) is 11.5. The second-order valence-electron chi connectivity index (χ2n) is 5.96. The highest BCUT2D eigenvalue weighted by atomic mass is 16.2. The zero-order valence-corrected chi connectivity index (χ0v) is 11.5. The Balaban J connectivity index is 1.82. The van der Waals surface area contributed by atoms with Gasteiger partial charge in [0, 0.05) is 6.04 Å². The number of nitrogens with zero attached hydrogens (tertiary/aromatic N) is 1. The molecular formula is C15H20N2O3. The average Bonchev–Trinajstić information content (AvgIpc) is 2.93. The smallest absolute Gasteiger partial charge is 0.277 e. The first kappa shape index (κ1) is 13.3. The van der Waals surface area contributed by atoms with Gasteiger partial charge >= 0.3 is 6.03 Å². The third-order valence-electron chi connectivity index (χ3n) is 4.71. The van der Waals surface area contributed by atoms with Crippen molar-refractivity contribution in [1.82, 2.24) is 10.2 Å². The Hall–Kier alpha value is -1.65. The van der Waals surface area contributed by atoms with Gasteiger partial charge in [0.1, 0.15) is 5.92 Å². The van der Waals surface area contributed by atoms with Crippen molar-refractivity contribution >= 4 is 17.8 Å². The van der Waals surface area contributed by atoms with Gasteiger partial charge in [-0.15, -0.1) is 0 Å². The molecule has 2 unspecified atom stereocenters. The number of barbiturate groups is 1. The van der Waals surface area contributed by atoms with E-state index in [1.54, 1.807) is 0 Å². The van der Waals surface area contributed by atoms with Crippen molar-refractivity contribution in [1.29, 1.82) is 0 Å². The number of hydrogen-bond acceptors (Lipinski definition) is 3. The molecule has 0 spiro atoms. The molecule has 0 aromatic carbocycles. The quantitative estimate of drug-likeness (QED) is 0.619. The summed E-state index contributed by atoms with van der Waals surface area (Å²) in [5, 5.41) is 2.39. The van der Waals surface area contributed by atoms with Gasteiger partial charge in [-0.2, -0.15) is 0 Å². The van der Waals surface area contributed by atoms with Gasteiger partial charge in [0.2, 0.25) is 11.8 Å². The molecule has 5 heteroatoms. The molecule has 4 amide bonds. The SMILES string of the molecule is O=C1NC(=O)N(C2CC=CCC2)C(=O)C1C1CCCC1. The molecule has 2 atom stereocenters. The van der Waals surface area contributed by atoms with E-state index < -0.39 is 17.9 Å². The van der Waals surface area contributed by atoms with Gasteiger partial charge in [-0.25, -0.2) is 4.79 Å². The Morgan fingerprint density at radius 1 is 1.05 bits per heavy atom. The molecule has 2 fully saturated rings. The van der Waals surface area contributed by atoms with Gasteiger partial charge in [-0.1, -0.05) is 25.0 Å². The van der Waals surface area contributed by atoms with Gasteiger partial charge in [-0.3, -0.25) is 19.8 Å². The highest BCUT2D eigenvalue weighted by Crippen LogP contribution is 2.35. The van der Waals surface area contributed by atoms with Gasteiger partial charge in [0.05, 0.1) is 0 Å². The molecule has 3 aliphatic rings. The van der Waals surface area contributed by atoms with E-state index in [4.69, 9.17) is 0 Å². The highest BCUT2D eigenvalue weighted by Gasteiger charge is 2.47. The Labute approximate surface area is 118 Å². The van der Waals surface area contributed by atoms with E-state index in [9.17, 15) is 14.4 Å². The van der Waals surface area contributed by atoms with Crippen molar-refractivity contribution < 1.29 is 14.4 Å². The van der Waals surface area contributed by atoms with Crippen LogP contribution in [0.3, 0.4) is 0 Å². The fraction of sp³-hybridized carbons (Fsp3) is 0.667. The Morgan fingerprint density at radius 3 is 2.45 bits per heavy atom. The largest absolute Gasteiger partial charge is 0.331 e. The van der Waals surface area contributed by atoms with Crippen LogP contribution in [0, 0.1) is 11.8 Å². The van der Waals surface area contributed by atoms with Crippen molar-refractivity contribution in [2.45, 2.75) is 51.0 Å². The van der Waals surface area contributed by atoms with Crippen molar-refractivity contribution in [2.24, 2.45) is 11.8 Å². The monoisotopic (exact) mass is 276 g/mol. The summed E-state index contributed by atoms with van der Waals surface area (Å²) in [4.78, 5) is 38.0. The highest BCUT2D eigenvalue weighted by molar-refractivity contribution is 6.16. The van der Waals surface area contributed by atoms with E-state index in [-0.39, 0.29) is 17.9 Å². The van der Waals surface area contributed by atoms with Crippen LogP contribution in [0.15, 0.2) is 12.2 Å². The van der Waals surface area contributed by atoms with Crippen LogP contribution in [0.25, 0.3) is 0 Å². The molecular weight excluding hydrogens is 256 g/mol. The molecule has 1 N–H and O–H groups in total. The van der Waals surface area contributed by atoms with Crippen molar-refractivity contribution in [3.05, 3.63) is 12.2 Å². The summed E-state index contributed by atoms with van der Waals surface area (Å²) in [7, 11) is 0. The molecule has 1 saturated carbocycles. The number of nitrogens with one attached hydrogen (secondary N) is 1. The van der Waals surface area contributed by atoms with Crippen LogP contribution >= 0.6 is 0 Å². The summed E-state index contributed by atoms with van der Waals surface area (Å²) in [5.41, 5.74) is 0. The maximum Gasteiger partial charge on any atom is 0.331 e. The maximum atomic E-state index is 12.7. The van der Waals surface area contributed by atoms with E-state index in [0.29, 0.717) is 6.42 Å². The number of rotatable bonds is 2. The number of carbonyl (C=O) groups is 3. The molecule has 0 aromatic rings. The second-order valence-corrected chi connectivity index (χ2v) is 5.96. The van der Waals surface area contributed by atoms with Crippen LogP contribution in [-0.2, 0) is 9.59 Å². The average molecular weight is 276 g/mol. The summed E-state index contributed by atoms with van der Waals surface area (Å²) in [6, 6.07) is -0.626. The molecule has 1 heterocycles. The zero-order chi connectivity index (χ0) is 14.1. The number of carbonyl (C=O) groups excluding carboxylic acids is 3. The third-order valence-corrected chi connectivity index (χ3v) is 4.71. The molecule has 0 bridgehead atoms. The summed E-state index contributed by atoms with van der Waals surface area (Å²) in [6.07, 6.45) is 10.4. The summed E-state index contributed by atoms with van der Waals surface area (Å²) in [6.45, 7) is 0. The third kappa shape index (κ3) is 2.25. The lowest BCUT2D eigenvalue weighted by Gasteiger charge is -2.38. The predicted octanol–water partition coefficient (Wildman–Crippen LogP) is 1.98. The molecule has 2 aliphatic carbocycles. The molecule has 0 radical (unpaired) electrons. The van der Waals surface area contributed by atoms with E-state index in [1.807, 2.05) is 6.08 Å². The van der Waals surface area contributed by atoms with Crippen LogP contribution in [-0.4, -0.2) is 28.8 Å². The standard InChI is InChI=1S/C15H20N2O3/c18-13-12(10-6-4-5-7-10)14(19)17(15(20)16-13)11-8-2-1-3-9-11/h1-2,10-12H,3-9H2,(H,16,18,20).